The molecule has 0 fully saturated rings. The Balaban J connectivity index is 6.23. The average Bonchev–Trinajstić information content (AvgIpc) is 3.17. The molecule has 3 unspecified atom stereocenters. The molecular formula is C47H91N7O6. The fourth-order valence-corrected chi connectivity index (χ4v) is 7.42. The third-order valence-electron chi connectivity index (χ3n) is 11.7. The maximum Gasteiger partial charge on any atom is 0.223 e. The molecule has 0 saturated carbocycles. The Labute approximate surface area is 366 Å². The van der Waals surface area contributed by atoms with Crippen molar-refractivity contribution in [3.63, 3.8) is 0 Å². The second kappa shape index (κ2) is 31.3. The zero-order chi connectivity index (χ0) is 45.9. The first-order valence-electron chi connectivity index (χ1n) is 23.1. The van der Waals surface area contributed by atoms with E-state index >= 15 is 0 Å². The number of hydrogen-bond donors (Lipinski definition) is 3. The Morgan fingerprint density at radius 2 is 1.10 bits per heavy atom. The van der Waals surface area contributed by atoms with E-state index in [1.807, 2.05) is 63.1 Å². The van der Waals surface area contributed by atoms with Crippen LogP contribution in [-0.4, -0.2) is 162 Å². The molecule has 13 heteroatoms. The van der Waals surface area contributed by atoms with Crippen molar-refractivity contribution in [1.29, 1.82) is 0 Å². The van der Waals surface area contributed by atoms with Crippen LogP contribution in [0.4, 0.5) is 0 Å². The number of amides is 2. The Bertz CT molecular complexity index is 1270. The third-order valence-corrected chi connectivity index (χ3v) is 11.7. The zero-order valence-corrected chi connectivity index (χ0v) is 40.7. The number of rotatable bonds is 38. The molecule has 0 saturated heterocycles. The van der Waals surface area contributed by atoms with Crippen molar-refractivity contribution in [2.24, 2.45) is 28.6 Å². The van der Waals surface area contributed by atoms with Crippen LogP contribution in [0.25, 0.3) is 0 Å². The molecule has 13 nitrogen and oxygen atoms in total. The summed E-state index contributed by atoms with van der Waals surface area (Å²) in [5.74, 6) is -2.75. The van der Waals surface area contributed by atoms with E-state index in [0.717, 1.165) is 64.7 Å². The van der Waals surface area contributed by atoms with Gasteiger partial charge < -0.3 is 35.6 Å². The lowest BCUT2D eigenvalue weighted by Gasteiger charge is -2.33. The molecule has 60 heavy (non-hydrogen) atoms. The van der Waals surface area contributed by atoms with Gasteiger partial charge in [0.05, 0.1) is 6.54 Å². The Morgan fingerprint density at radius 3 is 1.63 bits per heavy atom. The molecule has 0 rings (SSSR count). The summed E-state index contributed by atoms with van der Waals surface area (Å²) in [5, 5.41) is 9.25. The molecule has 0 aliphatic rings. The van der Waals surface area contributed by atoms with Crippen molar-refractivity contribution in [1.82, 2.24) is 35.6 Å². The van der Waals surface area contributed by atoms with Gasteiger partial charge in [-0.15, -0.1) is 0 Å². The summed E-state index contributed by atoms with van der Waals surface area (Å²) in [6.45, 7) is 19.8. The Hall–Kier alpha value is -2.58. The largest absolute Gasteiger partial charge is 0.355 e. The number of nitrogens with zero attached hydrogens (tertiary/aromatic N) is 4. The molecule has 3 N–H and O–H groups in total. The fourth-order valence-electron chi connectivity index (χ4n) is 7.42. The van der Waals surface area contributed by atoms with Crippen LogP contribution >= 0.6 is 0 Å². The topological polar surface area (TPSA) is 151 Å². The number of carbonyl (C=O) groups is 6. The summed E-state index contributed by atoms with van der Waals surface area (Å²) in [4.78, 5) is 90.9. The number of likely N-dealkylation sites (N-methyl/N-ethyl adjacent to an activating group) is 4. The van der Waals surface area contributed by atoms with E-state index in [4.69, 9.17) is 0 Å². The van der Waals surface area contributed by atoms with Crippen molar-refractivity contribution in [2.75, 3.05) is 108 Å². The average molecular weight is 850 g/mol. The van der Waals surface area contributed by atoms with Gasteiger partial charge in [0.25, 0.3) is 0 Å². The molecule has 0 aliphatic carbocycles. The molecule has 0 spiro atoms. The Kier molecular flexibility index (Phi) is 29.9. The van der Waals surface area contributed by atoms with Crippen molar-refractivity contribution in [2.45, 2.75) is 132 Å². The molecule has 350 valence electrons. The second-order valence-corrected chi connectivity index (χ2v) is 19.3. The summed E-state index contributed by atoms with van der Waals surface area (Å²) in [7, 11) is 12.1. The lowest BCUT2D eigenvalue weighted by atomic mass is 9.69. The highest BCUT2D eigenvalue weighted by atomic mass is 16.2. The number of ketones is 4. The van der Waals surface area contributed by atoms with Crippen LogP contribution in [0.1, 0.15) is 132 Å². The van der Waals surface area contributed by atoms with Gasteiger partial charge in [-0.05, 0) is 80.9 Å². The first-order chi connectivity index (χ1) is 28.1. The van der Waals surface area contributed by atoms with E-state index in [9.17, 15) is 28.8 Å². The van der Waals surface area contributed by atoms with Gasteiger partial charge in [0, 0.05) is 107 Å². The van der Waals surface area contributed by atoms with Crippen LogP contribution < -0.4 is 16.0 Å². The second-order valence-electron chi connectivity index (χ2n) is 19.3. The summed E-state index contributed by atoms with van der Waals surface area (Å²) in [5.41, 5.74) is -2.01. The van der Waals surface area contributed by atoms with Gasteiger partial charge in [0.15, 0.2) is 0 Å². The lowest BCUT2D eigenvalue weighted by molar-refractivity contribution is -0.139. The molecule has 0 aliphatic heterocycles. The van der Waals surface area contributed by atoms with E-state index in [1.165, 1.54) is 0 Å². The maximum atomic E-state index is 14.4. The molecule has 0 heterocycles. The van der Waals surface area contributed by atoms with Crippen LogP contribution in [0.2, 0.25) is 0 Å². The van der Waals surface area contributed by atoms with Crippen molar-refractivity contribution in [3.8, 4) is 0 Å². The minimum Gasteiger partial charge on any atom is -0.355 e. The van der Waals surface area contributed by atoms with Crippen LogP contribution in [0, 0.1) is 28.6 Å². The van der Waals surface area contributed by atoms with Crippen LogP contribution in [-0.2, 0) is 28.8 Å². The van der Waals surface area contributed by atoms with E-state index < -0.39 is 28.6 Å². The van der Waals surface area contributed by atoms with E-state index in [1.54, 1.807) is 13.8 Å². The third kappa shape index (κ3) is 26.0. The number of unbranched alkanes of at least 4 members (excludes halogenated alkanes) is 4. The first-order valence-corrected chi connectivity index (χ1v) is 23.1. The monoisotopic (exact) mass is 850 g/mol. The fraction of sp³-hybridized carbons (Fsp3) is 0.872. The summed E-state index contributed by atoms with van der Waals surface area (Å²) >= 11 is 0. The molecule has 3 atom stereocenters. The van der Waals surface area contributed by atoms with Crippen LogP contribution in [0.15, 0.2) is 0 Å². The highest BCUT2D eigenvalue weighted by Crippen LogP contribution is 2.37. The standard InChI is InChI=1S/C47H91N7O6/c1-14-17-19-20-21-40(55)31-37(16-3)44(59)47(6,7)35-39(45(60)50-24-26-54(13)30-28-52(10)11)32-42(57)46(4,5)34-38(41(56)36-48-22-18-15-2)33-43(58)49-23-25-53(12)29-27-51(8)9/h37-39,48H,14-36H2,1-13H3,(H,49,58)(H,50,60). The SMILES string of the molecule is CCCCCCC(=O)CC(CC)C(=O)C(C)(C)CC(CC(=O)C(C)(C)CC(CC(=O)NCCN(C)CCN(C)C)C(=O)CNCCCC)C(=O)NCCN(C)CCN(C)C. The molecule has 0 aromatic heterocycles. The number of carbonyl (C=O) groups excluding carboxylic acids is 6. The predicted octanol–water partition coefficient (Wildman–Crippen LogP) is 5.10. The molecular weight excluding hydrogens is 759 g/mol. The number of nitrogens with one attached hydrogen (secondary N) is 3. The minimum absolute atomic E-state index is 0.0328. The summed E-state index contributed by atoms with van der Waals surface area (Å²) < 4.78 is 0. The van der Waals surface area contributed by atoms with Gasteiger partial charge in [-0.2, -0.15) is 0 Å². The summed E-state index contributed by atoms with van der Waals surface area (Å²) in [6.07, 6.45) is 7.24. The summed E-state index contributed by atoms with van der Waals surface area (Å²) in [6, 6.07) is 0. The highest BCUT2D eigenvalue weighted by Gasteiger charge is 2.41. The van der Waals surface area contributed by atoms with Crippen molar-refractivity contribution < 1.29 is 28.8 Å². The number of hydrogen-bond acceptors (Lipinski definition) is 11. The van der Waals surface area contributed by atoms with E-state index in [-0.39, 0.29) is 73.6 Å². The van der Waals surface area contributed by atoms with Gasteiger partial charge in [-0.25, -0.2) is 0 Å². The normalized spacial score (nSPS) is 13.8. The molecule has 0 aromatic carbocycles. The van der Waals surface area contributed by atoms with Crippen molar-refractivity contribution >= 4 is 34.9 Å². The maximum absolute atomic E-state index is 14.4. The van der Waals surface area contributed by atoms with Crippen LogP contribution in [0.5, 0.6) is 0 Å². The van der Waals surface area contributed by atoms with Gasteiger partial charge in [0.2, 0.25) is 11.8 Å². The van der Waals surface area contributed by atoms with Gasteiger partial charge >= 0.3 is 0 Å². The van der Waals surface area contributed by atoms with E-state index in [0.29, 0.717) is 45.6 Å². The van der Waals surface area contributed by atoms with Gasteiger partial charge in [0.1, 0.15) is 23.1 Å². The van der Waals surface area contributed by atoms with Gasteiger partial charge in [-0.3, -0.25) is 28.8 Å². The lowest BCUT2D eigenvalue weighted by Crippen LogP contribution is -2.43. The smallest absolute Gasteiger partial charge is 0.223 e. The predicted molar refractivity (Wildman–Crippen MR) is 246 cm³/mol. The van der Waals surface area contributed by atoms with E-state index in [2.05, 4.69) is 49.4 Å². The highest BCUT2D eigenvalue weighted by molar-refractivity contribution is 5.94. The zero-order valence-electron chi connectivity index (χ0n) is 40.7. The van der Waals surface area contributed by atoms with Gasteiger partial charge in [-0.1, -0.05) is 74.1 Å². The number of Topliss-reactive ketones (excluding diaryl/α,β-unsaturated/α-hetero) is 4. The molecule has 0 aromatic rings. The quantitative estimate of drug-likeness (QED) is 0.0713. The molecule has 0 radical (unpaired) electrons. The molecule has 2 amide bonds. The molecule has 0 bridgehead atoms. The van der Waals surface area contributed by atoms with Crippen molar-refractivity contribution in [3.05, 3.63) is 0 Å². The Morgan fingerprint density at radius 1 is 0.550 bits per heavy atom. The first kappa shape index (κ1) is 57.4. The van der Waals surface area contributed by atoms with Crippen LogP contribution in [0.3, 0.4) is 0 Å². The minimum atomic E-state index is -1.04.